The zero-order chi connectivity index (χ0) is 32.7. The summed E-state index contributed by atoms with van der Waals surface area (Å²) in [5.41, 5.74) is 9.06. The highest BCUT2D eigenvalue weighted by molar-refractivity contribution is 6.15. The Kier molecular flexibility index (Phi) is 6.12. The molecule has 0 amide bonds. The smallest absolute Gasteiger partial charge is 0.140 e. The molecular weight excluding hydrogens is 592 g/mol. The van der Waals surface area contributed by atoms with E-state index in [-0.39, 0.29) is 5.41 Å². The second-order valence-electron chi connectivity index (χ2n) is 13.8. The first-order valence-corrected chi connectivity index (χ1v) is 16.4. The number of hydrogen-bond acceptors (Lipinski definition) is 5. The van der Waals surface area contributed by atoms with Crippen LogP contribution in [0.3, 0.4) is 0 Å². The molecule has 4 aromatic heterocycles. The SMILES string of the molecule is CN1CN(c2cccc(Oc3ccc4c5ccccc5n(-c5cc(C(C)(C)C)ccn5)c4c3)c2)c2c1ccc1c3cccnc3n(C)c21. The molecule has 0 radical (unpaired) electrons. The molecule has 8 aromatic rings. The van der Waals surface area contributed by atoms with Crippen LogP contribution >= 0.6 is 0 Å². The summed E-state index contributed by atoms with van der Waals surface area (Å²) < 4.78 is 11.1. The van der Waals surface area contributed by atoms with Crippen LogP contribution in [-0.2, 0) is 12.5 Å². The Balaban J connectivity index is 1.13. The molecule has 0 spiro atoms. The van der Waals surface area contributed by atoms with E-state index in [1.807, 2.05) is 24.5 Å². The zero-order valence-corrected chi connectivity index (χ0v) is 27.8. The Labute approximate surface area is 279 Å². The molecule has 1 aliphatic heterocycles. The topological polar surface area (TPSA) is 51.4 Å². The second-order valence-corrected chi connectivity index (χ2v) is 13.8. The number of rotatable bonds is 4. The van der Waals surface area contributed by atoms with Gasteiger partial charge in [-0.2, -0.15) is 0 Å². The molecule has 7 nitrogen and oxygen atoms in total. The first-order valence-electron chi connectivity index (χ1n) is 16.4. The van der Waals surface area contributed by atoms with Crippen molar-refractivity contribution in [2.45, 2.75) is 26.2 Å². The first-order chi connectivity index (χ1) is 23.3. The standard InChI is InChI=1S/C41H36N6O/c1-41(2,3)26-19-21-42-37(22-26)47-34-14-7-6-12-30(34)31-16-15-29(24-36(31)47)48-28-11-8-10-27(23-28)46-25-44(4)35-18-17-32-33-13-9-20-43-40(33)45(5)38(32)39(35)46/h6-24H,25H2,1-5H3. The molecule has 0 saturated carbocycles. The van der Waals surface area contributed by atoms with Gasteiger partial charge in [0.2, 0.25) is 0 Å². The Morgan fingerprint density at radius 2 is 1.46 bits per heavy atom. The fourth-order valence-electron chi connectivity index (χ4n) is 7.37. The molecule has 0 unspecified atom stereocenters. The lowest BCUT2D eigenvalue weighted by Gasteiger charge is -2.21. The quantitative estimate of drug-likeness (QED) is 0.194. The predicted octanol–water partition coefficient (Wildman–Crippen LogP) is 9.85. The third-order valence-electron chi connectivity index (χ3n) is 9.75. The van der Waals surface area contributed by atoms with Crippen LogP contribution in [0.5, 0.6) is 11.5 Å². The van der Waals surface area contributed by atoms with Crippen LogP contribution in [0.1, 0.15) is 26.3 Å². The van der Waals surface area contributed by atoms with Gasteiger partial charge in [-0.25, -0.2) is 9.97 Å². The molecule has 0 saturated heterocycles. The van der Waals surface area contributed by atoms with Crippen molar-refractivity contribution in [3.05, 3.63) is 121 Å². The number of pyridine rings is 2. The van der Waals surface area contributed by atoms with Gasteiger partial charge in [0.15, 0.2) is 0 Å². The number of para-hydroxylation sites is 1. The van der Waals surface area contributed by atoms with Gasteiger partial charge < -0.3 is 19.1 Å². The zero-order valence-electron chi connectivity index (χ0n) is 27.8. The van der Waals surface area contributed by atoms with Gasteiger partial charge in [-0.1, -0.05) is 45.0 Å². The maximum Gasteiger partial charge on any atom is 0.140 e. The van der Waals surface area contributed by atoms with E-state index >= 15 is 0 Å². The van der Waals surface area contributed by atoms with Crippen LogP contribution in [0.4, 0.5) is 17.1 Å². The predicted molar refractivity (Wildman–Crippen MR) is 197 cm³/mol. The molecule has 5 heterocycles. The van der Waals surface area contributed by atoms with Gasteiger partial charge in [-0.15, -0.1) is 0 Å². The average molecular weight is 629 g/mol. The molecule has 1 aliphatic rings. The van der Waals surface area contributed by atoms with Gasteiger partial charge >= 0.3 is 0 Å². The van der Waals surface area contributed by atoms with Crippen molar-refractivity contribution >= 4 is 60.8 Å². The summed E-state index contributed by atoms with van der Waals surface area (Å²) in [6, 6.07) is 36.2. The van der Waals surface area contributed by atoms with Gasteiger partial charge in [-0.3, -0.25) is 4.57 Å². The van der Waals surface area contributed by atoms with E-state index in [0.29, 0.717) is 0 Å². The molecule has 9 rings (SSSR count). The number of nitrogens with zero attached hydrogens (tertiary/aromatic N) is 6. The van der Waals surface area contributed by atoms with Gasteiger partial charge in [-0.05, 0) is 77.7 Å². The third kappa shape index (κ3) is 4.27. The van der Waals surface area contributed by atoms with E-state index < -0.39 is 0 Å². The highest BCUT2D eigenvalue weighted by Gasteiger charge is 2.29. The van der Waals surface area contributed by atoms with Crippen LogP contribution in [0.2, 0.25) is 0 Å². The van der Waals surface area contributed by atoms with Crippen molar-refractivity contribution in [2.24, 2.45) is 7.05 Å². The molecule has 236 valence electrons. The van der Waals surface area contributed by atoms with Gasteiger partial charge in [0.05, 0.1) is 34.6 Å². The van der Waals surface area contributed by atoms with Crippen molar-refractivity contribution in [2.75, 3.05) is 23.5 Å². The van der Waals surface area contributed by atoms with E-state index in [1.54, 1.807) is 0 Å². The Bertz CT molecular complexity index is 2550. The van der Waals surface area contributed by atoms with Crippen LogP contribution in [0, 0.1) is 0 Å². The number of anilines is 3. The van der Waals surface area contributed by atoms with E-state index in [1.165, 1.54) is 38.6 Å². The van der Waals surface area contributed by atoms with Crippen molar-refractivity contribution in [1.82, 2.24) is 19.1 Å². The van der Waals surface area contributed by atoms with Crippen LogP contribution in [0.15, 0.2) is 116 Å². The number of aromatic nitrogens is 4. The van der Waals surface area contributed by atoms with E-state index in [0.717, 1.165) is 51.7 Å². The van der Waals surface area contributed by atoms with Crippen molar-refractivity contribution in [3.8, 4) is 17.3 Å². The molecular formula is C41H36N6O. The van der Waals surface area contributed by atoms with Crippen molar-refractivity contribution in [1.29, 1.82) is 0 Å². The highest BCUT2D eigenvalue weighted by atomic mass is 16.5. The maximum absolute atomic E-state index is 6.64. The minimum atomic E-state index is 0.0107. The van der Waals surface area contributed by atoms with Crippen LogP contribution in [-0.4, -0.2) is 32.8 Å². The van der Waals surface area contributed by atoms with Crippen molar-refractivity contribution in [3.63, 3.8) is 0 Å². The Hall–Kier alpha value is -5.82. The monoisotopic (exact) mass is 628 g/mol. The number of aryl methyl sites for hydroxylation is 1. The van der Waals surface area contributed by atoms with E-state index in [4.69, 9.17) is 14.7 Å². The summed E-state index contributed by atoms with van der Waals surface area (Å²) in [7, 11) is 4.25. The Morgan fingerprint density at radius 3 is 2.33 bits per heavy atom. The van der Waals surface area contributed by atoms with Gasteiger partial charge in [0.25, 0.3) is 0 Å². The lowest BCUT2D eigenvalue weighted by Crippen LogP contribution is -2.24. The molecule has 4 aromatic carbocycles. The molecule has 0 bridgehead atoms. The second kappa shape index (κ2) is 10.3. The largest absolute Gasteiger partial charge is 0.457 e. The fourth-order valence-corrected chi connectivity index (χ4v) is 7.37. The number of benzene rings is 4. The number of fused-ring (bicyclic) bond motifs is 8. The molecule has 0 fully saturated rings. The highest BCUT2D eigenvalue weighted by Crippen LogP contribution is 2.47. The molecule has 0 atom stereocenters. The summed E-state index contributed by atoms with van der Waals surface area (Å²) in [4.78, 5) is 14.2. The minimum absolute atomic E-state index is 0.0107. The normalized spacial score (nSPS) is 13.4. The third-order valence-corrected chi connectivity index (χ3v) is 9.75. The average Bonchev–Trinajstić information content (AvgIpc) is 3.71. The lowest BCUT2D eigenvalue weighted by molar-refractivity contribution is 0.483. The first kappa shape index (κ1) is 28.4. The summed E-state index contributed by atoms with van der Waals surface area (Å²) in [5.74, 6) is 2.46. The Morgan fingerprint density at radius 1 is 0.667 bits per heavy atom. The summed E-state index contributed by atoms with van der Waals surface area (Å²) >= 11 is 0. The van der Waals surface area contributed by atoms with E-state index in [2.05, 4.69) is 145 Å². The molecule has 0 N–H and O–H groups in total. The number of hydrogen-bond donors (Lipinski definition) is 0. The summed E-state index contributed by atoms with van der Waals surface area (Å²) in [6.45, 7) is 7.44. The van der Waals surface area contributed by atoms with Crippen LogP contribution in [0.25, 0.3) is 49.6 Å². The molecule has 0 aliphatic carbocycles. The van der Waals surface area contributed by atoms with Gasteiger partial charge in [0, 0.05) is 65.9 Å². The molecule has 48 heavy (non-hydrogen) atoms. The van der Waals surface area contributed by atoms with Crippen molar-refractivity contribution < 1.29 is 4.74 Å². The minimum Gasteiger partial charge on any atom is -0.457 e. The summed E-state index contributed by atoms with van der Waals surface area (Å²) in [5, 5.41) is 4.73. The summed E-state index contributed by atoms with van der Waals surface area (Å²) in [6.07, 6.45) is 3.78. The molecule has 7 heteroatoms. The van der Waals surface area contributed by atoms with Gasteiger partial charge in [0.1, 0.15) is 23.0 Å². The van der Waals surface area contributed by atoms with Crippen LogP contribution < -0.4 is 14.5 Å². The fraction of sp³-hybridized carbons (Fsp3) is 0.171. The number of ether oxygens (including phenoxy) is 1. The van der Waals surface area contributed by atoms with E-state index in [9.17, 15) is 0 Å². The maximum atomic E-state index is 6.64. The lowest BCUT2D eigenvalue weighted by atomic mass is 9.88.